The lowest BCUT2D eigenvalue weighted by atomic mass is 9.91. The van der Waals surface area contributed by atoms with Gasteiger partial charge in [0.1, 0.15) is 0 Å². The van der Waals surface area contributed by atoms with Crippen molar-refractivity contribution in [1.82, 2.24) is 0 Å². The maximum absolute atomic E-state index is 5.28. The molecule has 1 heteroatoms. The highest BCUT2D eigenvalue weighted by Gasteiger charge is 2.43. The summed E-state index contributed by atoms with van der Waals surface area (Å²) >= 11 is 0. The Labute approximate surface area is 51.0 Å². The van der Waals surface area contributed by atoms with Gasteiger partial charge in [-0.1, -0.05) is 20.8 Å². The van der Waals surface area contributed by atoms with E-state index in [1.165, 1.54) is 0 Å². The van der Waals surface area contributed by atoms with Gasteiger partial charge in [-0.3, -0.25) is 0 Å². The van der Waals surface area contributed by atoms with Gasteiger partial charge >= 0.3 is 0 Å². The summed E-state index contributed by atoms with van der Waals surface area (Å²) in [5.41, 5.74) is 0.361. The Hall–Kier alpha value is -0.0400. The van der Waals surface area contributed by atoms with Crippen LogP contribution in [-0.2, 0) is 4.74 Å². The van der Waals surface area contributed by atoms with E-state index in [1.807, 2.05) is 0 Å². The van der Waals surface area contributed by atoms with Gasteiger partial charge in [0, 0.05) is 0 Å². The highest BCUT2D eigenvalue weighted by molar-refractivity contribution is 4.90. The van der Waals surface area contributed by atoms with Crippen LogP contribution < -0.4 is 0 Å². The first-order valence-electron chi connectivity index (χ1n) is 3.17. The first-order valence-corrected chi connectivity index (χ1v) is 3.17. The average molecular weight is 114 g/mol. The molecule has 0 spiro atoms. The summed E-state index contributed by atoms with van der Waals surface area (Å²) in [5.74, 6) is 0. The van der Waals surface area contributed by atoms with Crippen LogP contribution in [0.15, 0.2) is 0 Å². The number of hydrogen-bond donors (Lipinski definition) is 0. The summed E-state index contributed by atoms with van der Waals surface area (Å²) in [4.78, 5) is 0. The van der Waals surface area contributed by atoms with Gasteiger partial charge in [-0.2, -0.15) is 0 Å². The lowest BCUT2D eigenvalue weighted by molar-refractivity contribution is 0.262. The van der Waals surface area contributed by atoms with Crippen LogP contribution in [0.1, 0.15) is 27.7 Å². The van der Waals surface area contributed by atoms with Crippen molar-refractivity contribution >= 4 is 0 Å². The minimum absolute atomic E-state index is 0.361. The fraction of sp³-hybridized carbons (Fsp3) is 1.00. The van der Waals surface area contributed by atoms with Gasteiger partial charge < -0.3 is 4.74 Å². The van der Waals surface area contributed by atoms with E-state index in [2.05, 4.69) is 27.7 Å². The zero-order chi connectivity index (χ0) is 6.36. The highest BCUT2D eigenvalue weighted by Crippen LogP contribution is 2.37. The zero-order valence-corrected chi connectivity index (χ0v) is 6.06. The van der Waals surface area contributed by atoms with E-state index in [0.29, 0.717) is 17.6 Å². The molecule has 0 N–H and O–H groups in total. The first-order chi connectivity index (χ1) is 3.52. The average Bonchev–Trinajstić information content (AvgIpc) is 2.13. The van der Waals surface area contributed by atoms with Crippen LogP contribution in [0.5, 0.6) is 0 Å². The summed E-state index contributed by atoms with van der Waals surface area (Å²) < 4.78 is 5.28. The molecule has 2 atom stereocenters. The van der Waals surface area contributed by atoms with Gasteiger partial charge in [-0.25, -0.2) is 0 Å². The van der Waals surface area contributed by atoms with Gasteiger partial charge in [0.25, 0.3) is 0 Å². The SMILES string of the molecule is CC1OC1C(C)(C)C. The number of epoxide rings is 1. The van der Waals surface area contributed by atoms with E-state index in [-0.39, 0.29) is 0 Å². The molecule has 2 unspecified atom stereocenters. The molecule has 0 aromatic carbocycles. The third kappa shape index (κ3) is 1.03. The minimum atomic E-state index is 0.361. The molecule has 1 saturated heterocycles. The Bertz CT molecular complexity index is 91.1. The lowest BCUT2D eigenvalue weighted by Gasteiger charge is -2.13. The van der Waals surface area contributed by atoms with E-state index < -0.39 is 0 Å². The molecule has 1 rings (SSSR count). The van der Waals surface area contributed by atoms with E-state index >= 15 is 0 Å². The van der Waals surface area contributed by atoms with Crippen LogP contribution in [0.3, 0.4) is 0 Å². The molecule has 0 amide bonds. The van der Waals surface area contributed by atoms with Crippen molar-refractivity contribution in [2.45, 2.75) is 39.9 Å². The molecular formula is C7H14O. The van der Waals surface area contributed by atoms with E-state index in [9.17, 15) is 0 Å². The fourth-order valence-electron chi connectivity index (χ4n) is 1.09. The molecule has 1 aliphatic heterocycles. The van der Waals surface area contributed by atoms with Crippen LogP contribution in [0.25, 0.3) is 0 Å². The van der Waals surface area contributed by atoms with Gasteiger partial charge in [0.2, 0.25) is 0 Å². The number of ether oxygens (including phenoxy) is 1. The van der Waals surface area contributed by atoms with Crippen molar-refractivity contribution in [2.24, 2.45) is 5.41 Å². The standard InChI is InChI=1S/C7H14O/c1-5-6(8-5)7(2,3)4/h5-6H,1-4H3. The predicted molar refractivity (Wildman–Crippen MR) is 33.8 cm³/mol. The Morgan fingerprint density at radius 1 is 1.25 bits per heavy atom. The summed E-state index contributed by atoms with van der Waals surface area (Å²) in [6.07, 6.45) is 1.03. The molecule has 8 heavy (non-hydrogen) atoms. The maximum atomic E-state index is 5.28. The topological polar surface area (TPSA) is 12.5 Å². The molecule has 1 heterocycles. The lowest BCUT2D eigenvalue weighted by Crippen LogP contribution is -2.14. The quantitative estimate of drug-likeness (QED) is 0.438. The largest absolute Gasteiger partial charge is 0.369 e. The van der Waals surface area contributed by atoms with Crippen molar-refractivity contribution < 1.29 is 4.74 Å². The van der Waals surface area contributed by atoms with Crippen molar-refractivity contribution in [3.8, 4) is 0 Å². The Kier molecular flexibility index (Phi) is 1.12. The molecule has 0 bridgehead atoms. The van der Waals surface area contributed by atoms with Crippen molar-refractivity contribution in [1.29, 1.82) is 0 Å². The van der Waals surface area contributed by atoms with Gasteiger partial charge in [0.05, 0.1) is 12.2 Å². The summed E-state index contributed by atoms with van der Waals surface area (Å²) in [6.45, 7) is 8.75. The fourth-order valence-corrected chi connectivity index (χ4v) is 1.09. The molecule has 1 aliphatic rings. The number of rotatable bonds is 0. The summed E-state index contributed by atoms with van der Waals surface area (Å²) in [6, 6.07) is 0. The molecular weight excluding hydrogens is 100 g/mol. The van der Waals surface area contributed by atoms with Crippen molar-refractivity contribution in [2.75, 3.05) is 0 Å². The van der Waals surface area contributed by atoms with Gasteiger partial charge in [-0.15, -0.1) is 0 Å². The van der Waals surface area contributed by atoms with Crippen LogP contribution in [0, 0.1) is 5.41 Å². The second-order valence-corrected chi connectivity index (χ2v) is 3.63. The van der Waals surface area contributed by atoms with Crippen LogP contribution in [-0.4, -0.2) is 12.2 Å². The smallest absolute Gasteiger partial charge is 0.0887 e. The third-order valence-corrected chi connectivity index (χ3v) is 1.56. The Morgan fingerprint density at radius 2 is 1.62 bits per heavy atom. The van der Waals surface area contributed by atoms with Crippen LogP contribution in [0.4, 0.5) is 0 Å². The Morgan fingerprint density at radius 3 is 1.62 bits per heavy atom. The monoisotopic (exact) mass is 114 g/mol. The first kappa shape index (κ1) is 6.09. The molecule has 1 nitrogen and oxygen atoms in total. The van der Waals surface area contributed by atoms with Gasteiger partial charge in [-0.05, 0) is 12.3 Å². The highest BCUT2D eigenvalue weighted by atomic mass is 16.6. The summed E-state index contributed by atoms with van der Waals surface area (Å²) in [5, 5.41) is 0. The van der Waals surface area contributed by atoms with Crippen LogP contribution >= 0.6 is 0 Å². The number of hydrogen-bond acceptors (Lipinski definition) is 1. The van der Waals surface area contributed by atoms with E-state index in [4.69, 9.17) is 4.74 Å². The second kappa shape index (κ2) is 1.47. The van der Waals surface area contributed by atoms with Crippen molar-refractivity contribution in [3.63, 3.8) is 0 Å². The van der Waals surface area contributed by atoms with Gasteiger partial charge in [0.15, 0.2) is 0 Å². The normalized spacial score (nSPS) is 37.5. The van der Waals surface area contributed by atoms with Crippen molar-refractivity contribution in [3.05, 3.63) is 0 Å². The zero-order valence-electron chi connectivity index (χ0n) is 6.06. The molecule has 0 radical (unpaired) electrons. The third-order valence-electron chi connectivity index (χ3n) is 1.56. The molecule has 0 aliphatic carbocycles. The van der Waals surface area contributed by atoms with E-state index in [0.717, 1.165) is 0 Å². The van der Waals surface area contributed by atoms with Crippen LogP contribution in [0.2, 0.25) is 0 Å². The minimum Gasteiger partial charge on any atom is -0.369 e. The molecule has 0 aromatic heterocycles. The summed E-state index contributed by atoms with van der Waals surface area (Å²) in [7, 11) is 0. The maximum Gasteiger partial charge on any atom is 0.0887 e. The molecule has 0 saturated carbocycles. The molecule has 48 valence electrons. The molecule has 1 fully saturated rings. The molecule has 0 aromatic rings. The predicted octanol–water partition coefficient (Wildman–Crippen LogP) is 1.82. The second-order valence-electron chi connectivity index (χ2n) is 3.63. The Balaban J connectivity index is 2.39. The van der Waals surface area contributed by atoms with E-state index in [1.54, 1.807) is 0 Å².